The molecule has 0 unspecified atom stereocenters. The number of ether oxygens (including phenoxy) is 2. The molecule has 0 aliphatic heterocycles. The van der Waals surface area contributed by atoms with Gasteiger partial charge in [0.15, 0.2) is 10.3 Å². The molecule has 3 N–H and O–H groups in total. The van der Waals surface area contributed by atoms with E-state index in [0.29, 0.717) is 28.0 Å². The fourth-order valence-electron chi connectivity index (χ4n) is 2.81. The molecule has 4 aromatic rings. The Hall–Kier alpha value is -3.68. The first-order valence-electron chi connectivity index (χ1n) is 9.66. The predicted octanol–water partition coefficient (Wildman–Crippen LogP) is 4.41. The number of carbonyl (C=O) groups is 1. The monoisotopic (exact) mass is 517 g/mol. The average Bonchev–Trinajstić information content (AvgIpc) is 3.52. The molecule has 0 atom stereocenters. The molecule has 0 saturated carbocycles. The summed E-state index contributed by atoms with van der Waals surface area (Å²) in [7, 11) is -0.652. The number of thiazole rings is 2. The van der Waals surface area contributed by atoms with Crippen molar-refractivity contribution in [3.63, 3.8) is 0 Å². The van der Waals surface area contributed by atoms with Crippen LogP contribution in [0.15, 0.2) is 64.3 Å². The lowest BCUT2D eigenvalue weighted by Crippen LogP contribution is -2.14. The Kier molecular flexibility index (Phi) is 6.95. The molecule has 13 heteroatoms. The van der Waals surface area contributed by atoms with Crippen molar-refractivity contribution in [1.82, 2.24) is 9.97 Å². The number of amides is 1. The third-order valence-corrected chi connectivity index (χ3v) is 7.39. The maximum Gasteiger partial charge on any atom is 0.275 e. The third-order valence-electron chi connectivity index (χ3n) is 4.46. The van der Waals surface area contributed by atoms with Crippen molar-refractivity contribution in [2.45, 2.75) is 4.90 Å². The van der Waals surface area contributed by atoms with Crippen LogP contribution in [-0.2, 0) is 10.0 Å². The minimum absolute atomic E-state index is 0.0503. The lowest BCUT2D eigenvalue weighted by molar-refractivity contribution is 0.102. The van der Waals surface area contributed by atoms with Crippen LogP contribution < -0.4 is 24.8 Å². The average molecular weight is 518 g/mol. The molecular formula is C21H19N5O5S3. The van der Waals surface area contributed by atoms with E-state index in [2.05, 4.69) is 25.3 Å². The van der Waals surface area contributed by atoms with Crippen LogP contribution in [0.25, 0.3) is 0 Å². The van der Waals surface area contributed by atoms with Gasteiger partial charge in [0.2, 0.25) is 0 Å². The number of rotatable bonds is 9. The number of methoxy groups -OCH3 is 2. The molecule has 34 heavy (non-hydrogen) atoms. The first kappa shape index (κ1) is 23.5. The SMILES string of the molecule is COc1ccc(Nc2nc(C(=O)Nc3ccc(S(=O)(=O)Nc4nccs4)cc3)cs2)c(OC)c1. The van der Waals surface area contributed by atoms with Crippen LogP contribution in [0.2, 0.25) is 0 Å². The largest absolute Gasteiger partial charge is 0.497 e. The van der Waals surface area contributed by atoms with Crippen LogP contribution in [-0.4, -0.2) is 38.5 Å². The second-order valence-electron chi connectivity index (χ2n) is 6.65. The van der Waals surface area contributed by atoms with Crippen molar-refractivity contribution in [2.75, 3.05) is 29.6 Å². The first-order valence-corrected chi connectivity index (χ1v) is 12.9. The van der Waals surface area contributed by atoms with Crippen molar-refractivity contribution >= 4 is 60.2 Å². The Balaban J connectivity index is 1.41. The second-order valence-corrected chi connectivity index (χ2v) is 10.1. The topological polar surface area (TPSA) is 132 Å². The molecule has 0 spiro atoms. The Morgan fingerprint density at radius 2 is 1.79 bits per heavy atom. The summed E-state index contributed by atoms with van der Waals surface area (Å²) >= 11 is 2.43. The summed E-state index contributed by atoms with van der Waals surface area (Å²) in [5.74, 6) is 0.793. The van der Waals surface area contributed by atoms with Crippen LogP contribution in [0.4, 0.5) is 21.6 Å². The van der Waals surface area contributed by atoms with Gasteiger partial charge >= 0.3 is 0 Å². The summed E-state index contributed by atoms with van der Waals surface area (Å²) in [5, 5.41) is 9.90. The fraction of sp³-hybridized carbons (Fsp3) is 0.0952. The number of nitrogens with one attached hydrogen (secondary N) is 3. The number of carbonyl (C=O) groups excluding carboxylic acids is 1. The predicted molar refractivity (Wildman–Crippen MR) is 132 cm³/mol. The van der Waals surface area contributed by atoms with Crippen molar-refractivity contribution in [1.29, 1.82) is 0 Å². The summed E-state index contributed by atoms with van der Waals surface area (Å²) < 4.78 is 37.8. The minimum Gasteiger partial charge on any atom is -0.497 e. The number of aromatic nitrogens is 2. The van der Waals surface area contributed by atoms with Gasteiger partial charge in [-0.2, -0.15) is 0 Å². The summed E-state index contributed by atoms with van der Waals surface area (Å²) in [6.07, 6.45) is 1.51. The number of hydrogen-bond donors (Lipinski definition) is 3. The maximum absolute atomic E-state index is 12.6. The van der Waals surface area contributed by atoms with Crippen LogP contribution in [0, 0.1) is 0 Å². The summed E-state index contributed by atoms with van der Waals surface area (Å²) in [5.41, 5.74) is 1.31. The van der Waals surface area contributed by atoms with Gasteiger partial charge in [0.05, 0.1) is 24.8 Å². The smallest absolute Gasteiger partial charge is 0.275 e. The highest BCUT2D eigenvalue weighted by atomic mass is 32.2. The summed E-state index contributed by atoms with van der Waals surface area (Å²) in [6, 6.07) is 11.1. The number of nitrogens with zero attached hydrogens (tertiary/aromatic N) is 2. The lowest BCUT2D eigenvalue weighted by atomic mass is 10.3. The summed E-state index contributed by atoms with van der Waals surface area (Å²) in [4.78, 5) is 20.9. The highest BCUT2D eigenvalue weighted by Gasteiger charge is 2.17. The summed E-state index contributed by atoms with van der Waals surface area (Å²) in [6.45, 7) is 0. The molecule has 10 nitrogen and oxygen atoms in total. The van der Waals surface area contributed by atoms with E-state index in [4.69, 9.17) is 9.47 Å². The molecule has 2 heterocycles. The van der Waals surface area contributed by atoms with Gasteiger partial charge in [-0.25, -0.2) is 18.4 Å². The number of sulfonamides is 1. The van der Waals surface area contributed by atoms with Crippen molar-refractivity contribution in [3.8, 4) is 11.5 Å². The molecule has 0 fully saturated rings. The van der Waals surface area contributed by atoms with E-state index in [1.54, 1.807) is 43.2 Å². The molecule has 4 rings (SSSR count). The second kappa shape index (κ2) is 10.1. The van der Waals surface area contributed by atoms with E-state index in [0.717, 1.165) is 0 Å². The first-order chi connectivity index (χ1) is 16.4. The fourth-order valence-corrected chi connectivity index (χ4v) is 5.30. The molecule has 2 aromatic carbocycles. The standard InChI is InChI=1S/C21H19N5O5S3/c1-30-14-5-8-16(18(11-14)31-2)24-21-25-17(12-33-21)19(27)23-13-3-6-15(7-4-13)34(28,29)26-20-22-9-10-32-20/h3-12H,1-2H3,(H,22,26)(H,23,27)(H,24,25). The van der Waals surface area contributed by atoms with Crippen LogP contribution in [0.3, 0.4) is 0 Å². The third kappa shape index (κ3) is 5.44. The van der Waals surface area contributed by atoms with Crippen molar-refractivity contribution < 1.29 is 22.7 Å². The normalized spacial score (nSPS) is 11.0. The zero-order chi connectivity index (χ0) is 24.1. The highest BCUT2D eigenvalue weighted by Crippen LogP contribution is 2.32. The van der Waals surface area contributed by atoms with Gasteiger partial charge in [0.1, 0.15) is 17.2 Å². The van der Waals surface area contributed by atoms with E-state index in [1.165, 1.54) is 53.1 Å². The van der Waals surface area contributed by atoms with Crippen LogP contribution >= 0.6 is 22.7 Å². The van der Waals surface area contributed by atoms with E-state index in [1.807, 2.05) is 0 Å². The molecule has 176 valence electrons. The minimum atomic E-state index is -3.77. The molecule has 0 radical (unpaired) electrons. The van der Waals surface area contributed by atoms with Gasteiger partial charge in [-0.3, -0.25) is 9.52 Å². The van der Waals surface area contributed by atoms with Crippen LogP contribution in [0.1, 0.15) is 10.5 Å². The molecule has 0 aliphatic rings. The molecular weight excluding hydrogens is 498 g/mol. The zero-order valence-corrected chi connectivity index (χ0v) is 20.4. The van der Waals surface area contributed by atoms with Gasteiger partial charge in [-0.05, 0) is 36.4 Å². The molecule has 1 amide bonds. The molecule has 2 aromatic heterocycles. The van der Waals surface area contributed by atoms with Gasteiger partial charge in [-0.15, -0.1) is 22.7 Å². The van der Waals surface area contributed by atoms with E-state index < -0.39 is 15.9 Å². The van der Waals surface area contributed by atoms with Crippen molar-refractivity contribution in [2.24, 2.45) is 0 Å². The highest BCUT2D eigenvalue weighted by molar-refractivity contribution is 7.93. The maximum atomic E-state index is 12.6. The molecule has 0 saturated heterocycles. The Morgan fingerprint density at radius 1 is 1.00 bits per heavy atom. The van der Waals surface area contributed by atoms with E-state index >= 15 is 0 Å². The van der Waals surface area contributed by atoms with Gasteiger partial charge in [0.25, 0.3) is 15.9 Å². The van der Waals surface area contributed by atoms with Crippen molar-refractivity contribution in [3.05, 3.63) is 65.1 Å². The zero-order valence-electron chi connectivity index (χ0n) is 17.9. The Labute approximate surface area is 203 Å². The van der Waals surface area contributed by atoms with E-state index in [9.17, 15) is 13.2 Å². The number of anilines is 4. The number of hydrogen-bond acceptors (Lipinski definition) is 10. The van der Waals surface area contributed by atoms with Gasteiger partial charge < -0.3 is 20.1 Å². The Morgan fingerprint density at radius 3 is 2.47 bits per heavy atom. The van der Waals surface area contributed by atoms with E-state index in [-0.39, 0.29) is 15.7 Å². The Bertz CT molecular complexity index is 1390. The van der Waals surface area contributed by atoms with Gasteiger partial charge in [-0.1, -0.05) is 0 Å². The molecule has 0 bridgehead atoms. The van der Waals surface area contributed by atoms with Gasteiger partial charge in [0, 0.05) is 28.7 Å². The van der Waals surface area contributed by atoms with Crippen LogP contribution in [0.5, 0.6) is 11.5 Å². The molecule has 0 aliphatic carbocycles. The lowest BCUT2D eigenvalue weighted by Gasteiger charge is -2.10. The number of benzene rings is 2. The quantitative estimate of drug-likeness (QED) is 0.297.